The zero-order valence-corrected chi connectivity index (χ0v) is 12.9. The predicted octanol–water partition coefficient (Wildman–Crippen LogP) is 3.57. The fourth-order valence-corrected chi connectivity index (χ4v) is 2.39. The van der Waals surface area contributed by atoms with Gasteiger partial charge in [0.2, 0.25) is 0 Å². The molecular formula is C12H14BrClN2OS. The quantitative estimate of drug-likeness (QED) is 0.817. The van der Waals surface area contributed by atoms with Crippen molar-refractivity contribution in [3.05, 3.63) is 27.7 Å². The average molecular weight is 350 g/mol. The molecule has 1 saturated heterocycles. The number of rotatable bonds is 3. The number of nitrogens with one attached hydrogen (secondary N) is 2. The van der Waals surface area contributed by atoms with Gasteiger partial charge in [0, 0.05) is 23.3 Å². The molecule has 1 heterocycles. The van der Waals surface area contributed by atoms with E-state index in [0.717, 1.165) is 36.2 Å². The normalized spacial score (nSPS) is 18.7. The Morgan fingerprint density at radius 1 is 1.56 bits per heavy atom. The lowest BCUT2D eigenvalue weighted by atomic mass is 10.2. The summed E-state index contributed by atoms with van der Waals surface area (Å²) in [5.74, 6) is 0. The van der Waals surface area contributed by atoms with Gasteiger partial charge in [0.1, 0.15) is 0 Å². The predicted molar refractivity (Wildman–Crippen MR) is 82.3 cm³/mol. The summed E-state index contributed by atoms with van der Waals surface area (Å²) >= 11 is 14.6. The first kappa shape index (κ1) is 14.1. The van der Waals surface area contributed by atoms with E-state index in [-0.39, 0.29) is 6.10 Å². The average Bonchev–Trinajstić information content (AvgIpc) is 2.84. The van der Waals surface area contributed by atoms with Crippen LogP contribution >= 0.6 is 39.7 Å². The van der Waals surface area contributed by atoms with Crippen molar-refractivity contribution < 1.29 is 4.74 Å². The smallest absolute Gasteiger partial charge is 0.170 e. The first-order valence-electron chi connectivity index (χ1n) is 5.76. The summed E-state index contributed by atoms with van der Waals surface area (Å²) in [5, 5.41) is 7.48. The van der Waals surface area contributed by atoms with Crippen LogP contribution in [0.2, 0.25) is 5.02 Å². The highest BCUT2D eigenvalue weighted by atomic mass is 79.9. The molecule has 1 aromatic rings. The lowest BCUT2D eigenvalue weighted by molar-refractivity contribution is 0.114. The van der Waals surface area contributed by atoms with Gasteiger partial charge in [0.05, 0.1) is 11.1 Å². The van der Waals surface area contributed by atoms with Gasteiger partial charge in [-0.3, -0.25) is 0 Å². The number of anilines is 1. The fourth-order valence-electron chi connectivity index (χ4n) is 1.76. The maximum Gasteiger partial charge on any atom is 0.170 e. The Kier molecular flexibility index (Phi) is 5.24. The van der Waals surface area contributed by atoms with Crippen molar-refractivity contribution in [2.45, 2.75) is 18.9 Å². The van der Waals surface area contributed by atoms with Gasteiger partial charge in [0.15, 0.2) is 5.11 Å². The van der Waals surface area contributed by atoms with Crippen LogP contribution in [0.3, 0.4) is 0 Å². The van der Waals surface area contributed by atoms with E-state index in [4.69, 9.17) is 28.6 Å². The molecule has 0 amide bonds. The van der Waals surface area contributed by atoms with Crippen molar-refractivity contribution in [3.8, 4) is 0 Å². The number of ether oxygens (including phenoxy) is 1. The van der Waals surface area contributed by atoms with E-state index in [0.29, 0.717) is 10.1 Å². The van der Waals surface area contributed by atoms with Crippen LogP contribution in [0.5, 0.6) is 0 Å². The van der Waals surface area contributed by atoms with Crippen LogP contribution in [0.4, 0.5) is 5.69 Å². The summed E-state index contributed by atoms with van der Waals surface area (Å²) in [6.45, 7) is 1.60. The summed E-state index contributed by atoms with van der Waals surface area (Å²) in [4.78, 5) is 0. The van der Waals surface area contributed by atoms with Gasteiger partial charge < -0.3 is 15.4 Å². The summed E-state index contributed by atoms with van der Waals surface area (Å²) in [7, 11) is 0. The van der Waals surface area contributed by atoms with Gasteiger partial charge in [-0.2, -0.15) is 0 Å². The number of hydrogen-bond donors (Lipinski definition) is 2. The Bertz CT molecular complexity index is 438. The van der Waals surface area contributed by atoms with Crippen LogP contribution in [0.1, 0.15) is 12.8 Å². The highest BCUT2D eigenvalue weighted by molar-refractivity contribution is 9.10. The van der Waals surface area contributed by atoms with Gasteiger partial charge in [0.25, 0.3) is 0 Å². The van der Waals surface area contributed by atoms with Crippen molar-refractivity contribution >= 4 is 50.5 Å². The van der Waals surface area contributed by atoms with Gasteiger partial charge in [-0.25, -0.2) is 0 Å². The molecule has 0 aromatic heterocycles. The Balaban J connectivity index is 1.80. The molecule has 6 heteroatoms. The standard InChI is InChI=1S/C12H14BrClN2OS/c13-10-4-3-8(6-11(10)14)16-12(18)15-7-9-2-1-5-17-9/h3-4,6,9H,1-2,5,7H2,(H2,15,16,18)/t9-/m1/s1. The summed E-state index contributed by atoms with van der Waals surface area (Å²) in [5.41, 5.74) is 0.869. The van der Waals surface area contributed by atoms with Gasteiger partial charge in [-0.1, -0.05) is 11.6 Å². The second-order valence-corrected chi connectivity index (χ2v) is 5.77. The first-order chi connectivity index (χ1) is 8.65. The fraction of sp³-hybridized carbons (Fsp3) is 0.417. The maximum atomic E-state index is 6.01. The van der Waals surface area contributed by atoms with E-state index in [2.05, 4.69) is 26.6 Å². The largest absolute Gasteiger partial charge is 0.376 e. The van der Waals surface area contributed by atoms with Crippen molar-refractivity contribution in [2.75, 3.05) is 18.5 Å². The molecule has 0 unspecified atom stereocenters. The van der Waals surface area contributed by atoms with E-state index in [1.807, 2.05) is 18.2 Å². The van der Waals surface area contributed by atoms with E-state index in [1.54, 1.807) is 0 Å². The number of hydrogen-bond acceptors (Lipinski definition) is 2. The topological polar surface area (TPSA) is 33.3 Å². The minimum atomic E-state index is 0.276. The van der Waals surface area contributed by atoms with Crippen molar-refractivity contribution in [3.63, 3.8) is 0 Å². The summed E-state index contributed by atoms with van der Waals surface area (Å²) in [6, 6.07) is 5.62. The van der Waals surface area contributed by atoms with Crippen molar-refractivity contribution in [1.82, 2.24) is 5.32 Å². The van der Waals surface area contributed by atoms with Gasteiger partial charge in [-0.05, 0) is 59.2 Å². The van der Waals surface area contributed by atoms with Crippen LogP contribution in [0, 0.1) is 0 Å². The summed E-state index contributed by atoms with van der Waals surface area (Å²) in [6.07, 6.45) is 2.51. The molecule has 0 spiro atoms. The van der Waals surface area contributed by atoms with Crippen LogP contribution in [0.25, 0.3) is 0 Å². The van der Waals surface area contributed by atoms with Crippen molar-refractivity contribution in [2.24, 2.45) is 0 Å². The van der Waals surface area contributed by atoms with Crippen LogP contribution < -0.4 is 10.6 Å². The van der Waals surface area contributed by atoms with E-state index >= 15 is 0 Å². The third-order valence-corrected chi connectivity index (χ3v) is 4.17. The number of thiocarbonyl (C=S) groups is 1. The second-order valence-electron chi connectivity index (χ2n) is 4.10. The van der Waals surface area contributed by atoms with Crippen LogP contribution in [-0.4, -0.2) is 24.4 Å². The van der Waals surface area contributed by atoms with E-state index < -0.39 is 0 Å². The zero-order valence-electron chi connectivity index (χ0n) is 9.71. The molecule has 1 aromatic carbocycles. The van der Waals surface area contributed by atoms with Crippen LogP contribution in [-0.2, 0) is 4.74 Å². The Morgan fingerprint density at radius 3 is 3.06 bits per heavy atom. The van der Waals surface area contributed by atoms with Gasteiger partial charge >= 0.3 is 0 Å². The molecule has 0 saturated carbocycles. The maximum absolute atomic E-state index is 6.01. The van der Waals surface area contributed by atoms with Gasteiger partial charge in [-0.15, -0.1) is 0 Å². The first-order valence-corrected chi connectivity index (χ1v) is 7.34. The molecule has 0 bridgehead atoms. The molecular weight excluding hydrogens is 336 g/mol. The molecule has 1 fully saturated rings. The molecule has 0 radical (unpaired) electrons. The molecule has 1 aliphatic heterocycles. The molecule has 18 heavy (non-hydrogen) atoms. The van der Waals surface area contributed by atoms with E-state index in [1.165, 1.54) is 0 Å². The zero-order chi connectivity index (χ0) is 13.0. The Morgan fingerprint density at radius 2 is 2.39 bits per heavy atom. The minimum Gasteiger partial charge on any atom is -0.376 e. The third kappa shape index (κ3) is 4.09. The molecule has 2 N–H and O–H groups in total. The SMILES string of the molecule is S=C(NC[C@H]1CCCO1)Nc1ccc(Br)c(Cl)c1. The Labute approximate surface area is 125 Å². The lowest BCUT2D eigenvalue weighted by Crippen LogP contribution is -2.34. The second kappa shape index (κ2) is 6.70. The Hall–Kier alpha value is -0.360. The number of benzene rings is 1. The molecule has 1 aliphatic rings. The molecule has 1 atom stereocenters. The van der Waals surface area contributed by atoms with Crippen LogP contribution in [0.15, 0.2) is 22.7 Å². The number of halogens is 2. The molecule has 2 rings (SSSR count). The molecule has 98 valence electrons. The monoisotopic (exact) mass is 348 g/mol. The third-order valence-electron chi connectivity index (χ3n) is 2.69. The lowest BCUT2D eigenvalue weighted by Gasteiger charge is -2.14. The minimum absolute atomic E-state index is 0.276. The van der Waals surface area contributed by atoms with E-state index in [9.17, 15) is 0 Å². The van der Waals surface area contributed by atoms with Crippen molar-refractivity contribution in [1.29, 1.82) is 0 Å². The highest BCUT2D eigenvalue weighted by Crippen LogP contribution is 2.25. The summed E-state index contributed by atoms with van der Waals surface area (Å²) < 4.78 is 6.38. The molecule has 3 nitrogen and oxygen atoms in total. The molecule has 0 aliphatic carbocycles. The highest BCUT2D eigenvalue weighted by Gasteiger charge is 2.15.